The van der Waals surface area contributed by atoms with Gasteiger partial charge in [-0.25, -0.2) is 0 Å². The lowest BCUT2D eigenvalue weighted by Crippen LogP contribution is -2.10. The Bertz CT molecular complexity index is 371. The van der Waals surface area contributed by atoms with E-state index in [0.29, 0.717) is 19.6 Å². The van der Waals surface area contributed by atoms with Crippen LogP contribution in [0.25, 0.3) is 0 Å². The smallest absolute Gasteiger partial charge is 0.142 e. The van der Waals surface area contributed by atoms with Crippen molar-refractivity contribution in [3.05, 3.63) is 23.5 Å². The number of ether oxygens (including phenoxy) is 1. The van der Waals surface area contributed by atoms with E-state index >= 15 is 0 Å². The Hall–Kier alpha value is -1.60. The van der Waals surface area contributed by atoms with Gasteiger partial charge >= 0.3 is 0 Å². The third-order valence-corrected chi connectivity index (χ3v) is 2.11. The zero-order valence-corrected chi connectivity index (χ0v) is 9.79. The normalized spacial score (nSPS) is 9.81. The topological polar surface area (TPSA) is 57.9 Å². The Morgan fingerprint density at radius 2 is 2.31 bits per heavy atom. The summed E-state index contributed by atoms with van der Waals surface area (Å²) in [5.41, 5.74) is 1.90. The Morgan fingerprint density at radius 3 is 3.00 bits per heavy atom. The molecule has 4 nitrogen and oxygen atoms in total. The van der Waals surface area contributed by atoms with Gasteiger partial charge in [0, 0.05) is 18.7 Å². The molecule has 1 heterocycles. The van der Waals surface area contributed by atoms with Crippen molar-refractivity contribution in [1.29, 1.82) is 5.26 Å². The molecular weight excluding hydrogens is 202 g/mol. The zero-order valence-electron chi connectivity index (χ0n) is 9.79. The van der Waals surface area contributed by atoms with Crippen LogP contribution in [0.2, 0.25) is 0 Å². The van der Waals surface area contributed by atoms with Crippen LogP contribution in [0.1, 0.15) is 24.2 Å². The van der Waals surface area contributed by atoms with E-state index in [0.717, 1.165) is 23.6 Å². The van der Waals surface area contributed by atoms with Crippen LogP contribution in [0.4, 0.5) is 0 Å². The van der Waals surface area contributed by atoms with Crippen LogP contribution in [0.3, 0.4) is 0 Å². The molecule has 1 aromatic heterocycles. The van der Waals surface area contributed by atoms with Gasteiger partial charge in [0.05, 0.1) is 18.4 Å². The molecule has 0 aliphatic carbocycles. The van der Waals surface area contributed by atoms with E-state index < -0.39 is 0 Å². The molecule has 0 saturated carbocycles. The van der Waals surface area contributed by atoms with E-state index in [-0.39, 0.29) is 0 Å². The van der Waals surface area contributed by atoms with Crippen molar-refractivity contribution in [3.63, 3.8) is 0 Å². The van der Waals surface area contributed by atoms with Crippen molar-refractivity contribution in [2.75, 3.05) is 13.7 Å². The largest absolute Gasteiger partial charge is 0.492 e. The standard InChI is InChI=1S/C12H17N3O/c1-10-5-6-12(11(15-10)9-14-2)16-8-4-3-7-13/h5-6,14H,3-4,8-9H2,1-2H3. The van der Waals surface area contributed by atoms with E-state index in [9.17, 15) is 0 Å². The average Bonchev–Trinajstić information content (AvgIpc) is 2.27. The lowest BCUT2D eigenvalue weighted by Gasteiger charge is -2.10. The van der Waals surface area contributed by atoms with Crippen LogP contribution >= 0.6 is 0 Å². The van der Waals surface area contributed by atoms with Crippen LogP contribution in [0, 0.1) is 18.3 Å². The summed E-state index contributed by atoms with van der Waals surface area (Å²) in [5, 5.41) is 11.5. The first-order valence-corrected chi connectivity index (χ1v) is 5.38. The maximum absolute atomic E-state index is 8.41. The molecule has 1 N–H and O–H groups in total. The lowest BCUT2D eigenvalue weighted by molar-refractivity contribution is 0.307. The third kappa shape index (κ3) is 3.87. The third-order valence-electron chi connectivity index (χ3n) is 2.11. The molecule has 0 unspecified atom stereocenters. The van der Waals surface area contributed by atoms with E-state index in [1.807, 2.05) is 26.1 Å². The molecule has 1 aromatic rings. The quantitative estimate of drug-likeness (QED) is 0.741. The number of hydrogen-bond donors (Lipinski definition) is 1. The Labute approximate surface area is 96.3 Å². The number of aromatic nitrogens is 1. The summed E-state index contributed by atoms with van der Waals surface area (Å²) in [7, 11) is 1.88. The van der Waals surface area contributed by atoms with E-state index in [4.69, 9.17) is 10.00 Å². The molecule has 4 heteroatoms. The van der Waals surface area contributed by atoms with Crippen molar-refractivity contribution in [2.24, 2.45) is 0 Å². The fourth-order valence-electron chi connectivity index (χ4n) is 1.36. The Kier molecular flexibility index (Phi) is 5.30. The zero-order chi connectivity index (χ0) is 11.8. The minimum Gasteiger partial charge on any atom is -0.492 e. The Morgan fingerprint density at radius 1 is 1.50 bits per heavy atom. The summed E-state index contributed by atoms with van der Waals surface area (Å²) in [4.78, 5) is 4.41. The van der Waals surface area contributed by atoms with Crippen LogP contribution in [0.15, 0.2) is 12.1 Å². The molecule has 0 saturated heterocycles. The second-order valence-corrected chi connectivity index (χ2v) is 3.54. The summed E-state index contributed by atoms with van der Waals surface area (Å²) in [6, 6.07) is 5.96. The van der Waals surface area contributed by atoms with Gasteiger partial charge in [0.15, 0.2) is 0 Å². The SMILES string of the molecule is CNCc1nc(C)ccc1OCCCC#N. The summed E-state index contributed by atoms with van der Waals surface area (Å²) >= 11 is 0. The average molecular weight is 219 g/mol. The number of unbranched alkanes of at least 4 members (excludes halogenated alkanes) is 1. The summed E-state index contributed by atoms with van der Waals surface area (Å²) in [5.74, 6) is 0.804. The number of aryl methyl sites for hydroxylation is 1. The maximum Gasteiger partial charge on any atom is 0.142 e. The second-order valence-electron chi connectivity index (χ2n) is 3.54. The molecule has 0 fully saturated rings. The summed E-state index contributed by atoms with van der Waals surface area (Å²) < 4.78 is 5.59. The molecule has 0 bridgehead atoms. The van der Waals surface area contributed by atoms with Crippen LogP contribution in [0.5, 0.6) is 5.75 Å². The monoisotopic (exact) mass is 219 g/mol. The highest BCUT2D eigenvalue weighted by Gasteiger charge is 2.04. The van der Waals surface area contributed by atoms with Crippen molar-refractivity contribution < 1.29 is 4.74 Å². The molecule has 1 rings (SSSR count). The molecule has 0 spiro atoms. The minimum atomic E-state index is 0.528. The molecule has 0 aliphatic rings. The van der Waals surface area contributed by atoms with Crippen molar-refractivity contribution in [3.8, 4) is 11.8 Å². The first-order chi connectivity index (χ1) is 7.77. The maximum atomic E-state index is 8.41. The Balaban J connectivity index is 2.60. The lowest BCUT2D eigenvalue weighted by atomic mass is 10.3. The number of nitriles is 1. The van der Waals surface area contributed by atoms with Gasteiger partial charge in [-0.05, 0) is 32.5 Å². The summed E-state index contributed by atoms with van der Waals surface area (Å²) in [6.07, 6.45) is 1.28. The van der Waals surface area contributed by atoms with Crippen LogP contribution < -0.4 is 10.1 Å². The number of hydrogen-bond acceptors (Lipinski definition) is 4. The molecule has 0 aliphatic heterocycles. The molecule has 0 radical (unpaired) electrons. The molecule has 0 amide bonds. The predicted molar refractivity (Wildman–Crippen MR) is 62.1 cm³/mol. The van der Waals surface area contributed by atoms with E-state index in [2.05, 4.69) is 16.4 Å². The van der Waals surface area contributed by atoms with Gasteiger partial charge < -0.3 is 10.1 Å². The fraction of sp³-hybridized carbons (Fsp3) is 0.500. The summed E-state index contributed by atoms with van der Waals surface area (Å²) in [6.45, 7) is 3.21. The number of rotatable bonds is 6. The number of pyridine rings is 1. The van der Waals surface area contributed by atoms with Crippen LogP contribution in [-0.4, -0.2) is 18.6 Å². The van der Waals surface area contributed by atoms with Crippen molar-refractivity contribution in [1.82, 2.24) is 10.3 Å². The van der Waals surface area contributed by atoms with Gasteiger partial charge in [-0.3, -0.25) is 4.98 Å². The van der Waals surface area contributed by atoms with Gasteiger partial charge in [-0.2, -0.15) is 5.26 Å². The highest BCUT2D eigenvalue weighted by Crippen LogP contribution is 2.17. The molecule has 0 aromatic carbocycles. The molecule has 16 heavy (non-hydrogen) atoms. The highest BCUT2D eigenvalue weighted by atomic mass is 16.5. The first kappa shape index (κ1) is 12.5. The molecular formula is C12H17N3O. The number of nitrogens with zero attached hydrogens (tertiary/aromatic N) is 2. The van der Waals surface area contributed by atoms with Crippen LogP contribution in [-0.2, 0) is 6.54 Å². The van der Waals surface area contributed by atoms with E-state index in [1.165, 1.54) is 0 Å². The highest BCUT2D eigenvalue weighted by molar-refractivity contribution is 5.29. The molecule has 0 atom stereocenters. The van der Waals surface area contributed by atoms with Crippen molar-refractivity contribution in [2.45, 2.75) is 26.3 Å². The van der Waals surface area contributed by atoms with Gasteiger partial charge in [-0.1, -0.05) is 0 Å². The van der Waals surface area contributed by atoms with Gasteiger partial charge in [-0.15, -0.1) is 0 Å². The van der Waals surface area contributed by atoms with Gasteiger partial charge in [0.25, 0.3) is 0 Å². The first-order valence-electron chi connectivity index (χ1n) is 5.38. The predicted octanol–water partition coefficient (Wildman–Crippen LogP) is 1.79. The van der Waals surface area contributed by atoms with Crippen molar-refractivity contribution >= 4 is 0 Å². The fourth-order valence-corrected chi connectivity index (χ4v) is 1.36. The second kappa shape index (κ2) is 6.81. The van der Waals surface area contributed by atoms with Gasteiger partial charge in [0.2, 0.25) is 0 Å². The van der Waals surface area contributed by atoms with E-state index in [1.54, 1.807) is 0 Å². The molecule has 86 valence electrons. The number of nitrogens with one attached hydrogen (secondary N) is 1. The van der Waals surface area contributed by atoms with Gasteiger partial charge in [0.1, 0.15) is 5.75 Å². The minimum absolute atomic E-state index is 0.528.